The van der Waals surface area contributed by atoms with Crippen molar-refractivity contribution in [1.82, 2.24) is 0 Å². The molecule has 1 aliphatic rings. The fraction of sp³-hybridized carbons (Fsp3) is 0.268. The second kappa shape index (κ2) is 17.1. The molecular weight excluding hydrogens is 591 g/mol. The zero-order valence-electron chi connectivity index (χ0n) is 26.4. The molecule has 0 aliphatic heterocycles. The monoisotopic (exact) mass is 632 g/mol. The molecule has 5 aromatic rings. The van der Waals surface area contributed by atoms with Crippen molar-refractivity contribution in [3.8, 4) is 0 Å². The molecule has 0 spiro atoms. The third-order valence-corrected chi connectivity index (χ3v) is 8.35. The summed E-state index contributed by atoms with van der Waals surface area (Å²) in [5, 5.41) is 0. The molecule has 0 N–H and O–H groups in total. The number of hydrogen-bond donors (Lipinski definition) is 0. The van der Waals surface area contributed by atoms with Gasteiger partial charge in [0, 0.05) is 0 Å². The fourth-order valence-electron chi connectivity index (χ4n) is 5.89. The van der Waals surface area contributed by atoms with E-state index in [2.05, 4.69) is 0 Å². The van der Waals surface area contributed by atoms with Crippen LogP contribution in [-0.4, -0.2) is 36.7 Å². The van der Waals surface area contributed by atoms with Crippen LogP contribution in [0.3, 0.4) is 0 Å². The number of halogens is 1. The first kappa shape index (κ1) is 32.8. The summed E-state index contributed by atoms with van der Waals surface area (Å²) >= 11 is 0. The number of ether oxygens (including phenoxy) is 5. The van der Waals surface area contributed by atoms with Gasteiger partial charge in [0.25, 0.3) is 0 Å². The Balaban J connectivity index is 1.35. The number of alkyl halides is 1. The standard InChI is InChI=1S/C41H41FO5/c42-36-37(43-26-31-16-6-1-7-17-31)39(45-28-33-20-10-3-11-21-33)41(47-30-35-24-14-5-15-25-35)40(46-29-34-22-12-4-13-23-34)38(36)44-27-32-18-8-2-9-19-32/h1-25,36-41H,26-30H2/t36?,37-,38+,39+,40-,41?. The van der Waals surface area contributed by atoms with Crippen LogP contribution in [0.25, 0.3) is 0 Å². The molecule has 0 saturated heterocycles. The Labute approximate surface area is 276 Å². The largest absolute Gasteiger partial charge is 0.368 e. The van der Waals surface area contributed by atoms with Crippen molar-refractivity contribution >= 4 is 0 Å². The lowest BCUT2D eigenvalue weighted by Crippen LogP contribution is -2.65. The molecule has 0 bridgehead atoms. The van der Waals surface area contributed by atoms with E-state index >= 15 is 4.39 Å². The van der Waals surface area contributed by atoms with Crippen LogP contribution in [0.15, 0.2) is 152 Å². The minimum absolute atomic E-state index is 0.212. The van der Waals surface area contributed by atoms with E-state index in [1.54, 1.807) is 0 Å². The number of hydrogen-bond acceptors (Lipinski definition) is 5. The third kappa shape index (κ3) is 9.22. The normalized spacial score (nSPS) is 22.6. The van der Waals surface area contributed by atoms with Gasteiger partial charge in [-0.25, -0.2) is 4.39 Å². The van der Waals surface area contributed by atoms with Gasteiger partial charge < -0.3 is 23.7 Å². The van der Waals surface area contributed by atoms with Crippen LogP contribution in [-0.2, 0) is 56.7 Å². The Bertz CT molecular complexity index is 1470. The second-order valence-corrected chi connectivity index (χ2v) is 11.8. The quantitative estimate of drug-likeness (QED) is 0.116. The fourth-order valence-corrected chi connectivity index (χ4v) is 5.89. The molecule has 0 aromatic heterocycles. The first-order valence-electron chi connectivity index (χ1n) is 16.2. The molecule has 0 heterocycles. The van der Waals surface area contributed by atoms with Crippen LogP contribution >= 0.6 is 0 Å². The van der Waals surface area contributed by atoms with Crippen molar-refractivity contribution in [3.05, 3.63) is 179 Å². The Kier molecular flexibility index (Phi) is 11.9. The van der Waals surface area contributed by atoms with Gasteiger partial charge in [0.1, 0.15) is 30.5 Å². The van der Waals surface area contributed by atoms with Crippen molar-refractivity contribution in [2.75, 3.05) is 0 Å². The topological polar surface area (TPSA) is 46.2 Å². The molecule has 6 atom stereocenters. The molecule has 1 aliphatic carbocycles. The predicted octanol–water partition coefficient (Wildman–Crippen LogP) is 8.27. The maximum atomic E-state index is 17.1. The van der Waals surface area contributed by atoms with E-state index in [0.717, 1.165) is 27.8 Å². The Morgan fingerprint density at radius 2 is 0.489 bits per heavy atom. The van der Waals surface area contributed by atoms with Crippen LogP contribution < -0.4 is 0 Å². The molecule has 1 saturated carbocycles. The van der Waals surface area contributed by atoms with Crippen molar-refractivity contribution in [3.63, 3.8) is 0 Å². The second-order valence-electron chi connectivity index (χ2n) is 11.8. The molecule has 5 aromatic carbocycles. The average molecular weight is 633 g/mol. The highest BCUT2D eigenvalue weighted by atomic mass is 19.1. The molecular formula is C41H41FO5. The van der Waals surface area contributed by atoms with Crippen molar-refractivity contribution in [2.24, 2.45) is 0 Å². The maximum Gasteiger partial charge on any atom is 0.157 e. The lowest BCUT2D eigenvalue weighted by atomic mass is 9.84. The molecule has 47 heavy (non-hydrogen) atoms. The lowest BCUT2D eigenvalue weighted by Gasteiger charge is -2.47. The van der Waals surface area contributed by atoms with Gasteiger partial charge in [-0.2, -0.15) is 0 Å². The van der Waals surface area contributed by atoms with Crippen molar-refractivity contribution in [2.45, 2.75) is 69.7 Å². The predicted molar refractivity (Wildman–Crippen MR) is 180 cm³/mol. The molecule has 2 unspecified atom stereocenters. The summed E-state index contributed by atoms with van der Waals surface area (Å²) in [6, 6.07) is 49.2. The highest BCUT2D eigenvalue weighted by molar-refractivity contribution is 5.18. The van der Waals surface area contributed by atoms with Crippen molar-refractivity contribution in [1.29, 1.82) is 0 Å². The number of benzene rings is 5. The first-order valence-corrected chi connectivity index (χ1v) is 16.2. The summed E-state index contributed by atoms with van der Waals surface area (Å²) in [6.07, 6.45) is -5.85. The summed E-state index contributed by atoms with van der Waals surface area (Å²) in [5.74, 6) is 0. The Morgan fingerprint density at radius 3 is 0.723 bits per heavy atom. The van der Waals surface area contributed by atoms with E-state index in [1.807, 2.05) is 152 Å². The highest BCUT2D eigenvalue weighted by Crippen LogP contribution is 2.36. The summed E-state index contributed by atoms with van der Waals surface area (Å²) in [4.78, 5) is 0. The van der Waals surface area contributed by atoms with Crippen LogP contribution in [0.5, 0.6) is 0 Å². The number of rotatable bonds is 15. The molecule has 1 fully saturated rings. The third-order valence-electron chi connectivity index (χ3n) is 8.35. The van der Waals surface area contributed by atoms with Crippen LogP contribution in [0.4, 0.5) is 4.39 Å². The van der Waals surface area contributed by atoms with E-state index in [1.165, 1.54) is 0 Å². The van der Waals surface area contributed by atoms with Gasteiger partial charge in [-0.05, 0) is 27.8 Å². The summed E-state index contributed by atoms with van der Waals surface area (Å²) in [6.45, 7) is 1.23. The Morgan fingerprint density at radius 1 is 0.298 bits per heavy atom. The summed E-state index contributed by atoms with van der Waals surface area (Å²) < 4.78 is 50.0. The maximum absolute atomic E-state index is 17.1. The van der Waals surface area contributed by atoms with E-state index < -0.39 is 36.7 Å². The van der Waals surface area contributed by atoms with Crippen LogP contribution in [0.1, 0.15) is 27.8 Å². The Hall–Kier alpha value is -4.17. The van der Waals surface area contributed by atoms with Gasteiger partial charge in [0.15, 0.2) is 6.17 Å². The van der Waals surface area contributed by atoms with Crippen molar-refractivity contribution < 1.29 is 28.1 Å². The molecule has 0 radical (unpaired) electrons. The molecule has 242 valence electrons. The highest BCUT2D eigenvalue weighted by Gasteiger charge is 2.55. The van der Waals surface area contributed by atoms with E-state index in [4.69, 9.17) is 23.7 Å². The van der Waals surface area contributed by atoms with Gasteiger partial charge in [-0.15, -0.1) is 0 Å². The lowest BCUT2D eigenvalue weighted by molar-refractivity contribution is -0.271. The van der Waals surface area contributed by atoms with Crippen LogP contribution in [0, 0.1) is 0 Å². The van der Waals surface area contributed by atoms with E-state index in [-0.39, 0.29) is 33.0 Å². The SMILES string of the molecule is FC1[C@@H](OCc2ccccc2)[C@H](OCc2ccccc2)C(OCc2ccccc2)[C@H](OCc2ccccc2)[C@H]1OCc1ccccc1. The van der Waals surface area contributed by atoms with Gasteiger partial charge >= 0.3 is 0 Å². The van der Waals surface area contributed by atoms with Gasteiger partial charge in [0.2, 0.25) is 0 Å². The van der Waals surface area contributed by atoms with Gasteiger partial charge in [0.05, 0.1) is 33.0 Å². The minimum atomic E-state index is -1.57. The summed E-state index contributed by atoms with van der Waals surface area (Å²) in [5.41, 5.74) is 4.80. The van der Waals surface area contributed by atoms with E-state index in [9.17, 15) is 0 Å². The zero-order valence-corrected chi connectivity index (χ0v) is 26.4. The summed E-state index contributed by atoms with van der Waals surface area (Å²) in [7, 11) is 0. The molecule has 5 nitrogen and oxygen atoms in total. The molecule has 6 heteroatoms. The van der Waals surface area contributed by atoms with Gasteiger partial charge in [-0.1, -0.05) is 152 Å². The molecule has 0 amide bonds. The minimum Gasteiger partial charge on any atom is -0.368 e. The average Bonchev–Trinajstić information content (AvgIpc) is 3.14. The van der Waals surface area contributed by atoms with Crippen LogP contribution in [0.2, 0.25) is 0 Å². The zero-order chi connectivity index (χ0) is 32.1. The molecule has 6 rings (SSSR count). The van der Waals surface area contributed by atoms with E-state index in [0.29, 0.717) is 0 Å². The smallest absolute Gasteiger partial charge is 0.157 e. The first-order chi connectivity index (χ1) is 23.2. The van der Waals surface area contributed by atoms with Gasteiger partial charge in [-0.3, -0.25) is 0 Å².